The van der Waals surface area contributed by atoms with E-state index in [-0.39, 0.29) is 30.6 Å². The maximum Gasteiger partial charge on any atom is 0.257 e. The fourth-order valence-electron chi connectivity index (χ4n) is 4.53. The molecule has 2 N–H and O–H groups in total. The van der Waals surface area contributed by atoms with E-state index in [0.29, 0.717) is 24.0 Å². The molecule has 2 aliphatic heterocycles. The number of aryl methyl sites for hydroxylation is 1. The van der Waals surface area contributed by atoms with Gasteiger partial charge in [-0.05, 0) is 55.5 Å². The summed E-state index contributed by atoms with van der Waals surface area (Å²) >= 11 is 1.65. The average Bonchev–Trinajstić information content (AvgIpc) is 3.25. The second kappa shape index (κ2) is 8.90. The van der Waals surface area contributed by atoms with Crippen LogP contribution < -0.4 is 20.1 Å². The molecule has 0 aromatic heterocycles. The molecule has 6 nitrogen and oxygen atoms in total. The number of hydrogen-bond donors (Lipinski definition) is 2. The predicted molar refractivity (Wildman–Crippen MR) is 124 cm³/mol. The number of hydrogen-bond acceptors (Lipinski definition) is 5. The summed E-state index contributed by atoms with van der Waals surface area (Å²) in [5, 5.41) is 6.51. The molecule has 1 aliphatic carbocycles. The maximum absolute atomic E-state index is 12.8. The van der Waals surface area contributed by atoms with Gasteiger partial charge in [-0.25, -0.2) is 0 Å². The number of carbonyl (C=O) groups excluding carboxylic acids is 2. The molecule has 32 heavy (non-hydrogen) atoms. The molecule has 2 aromatic rings. The smallest absolute Gasteiger partial charge is 0.257 e. The lowest BCUT2D eigenvalue weighted by Crippen LogP contribution is -2.51. The summed E-state index contributed by atoms with van der Waals surface area (Å²) in [6.45, 7) is 2.73. The Labute approximate surface area is 191 Å². The summed E-state index contributed by atoms with van der Waals surface area (Å²) < 4.78 is 10.7. The van der Waals surface area contributed by atoms with Crippen molar-refractivity contribution in [3.8, 4) is 11.5 Å². The zero-order valence-corrected chi connectivity index (χ0v) is 18.7. The van der Waals surface area contributed by atoms with Gasteiger partial charge in [-0.3, -0.25) is 9.59 Å². The summed E-state index contributed by atoms with van der Waals surface area (Å²) in [5.74, 6) is 1.36. The van der Waals surface area contributed by atoms with Crippen molar-refractivity contribution >= 4 is 29.7 Å². The fourth-order valence-corrected chi connectivity index (χ4v) is 5.82. The van der Waals surface area contributed by atoms with E-state index in [1.165, 1.54) is 5.56 Å². The van der Waals surface area contributed by atoms with Crippen molar-refractivity contribution in [1.29, 1.82) is 0 Å². The topological polar surface area (TPSA) is 76.7 Å². The van der Waals surface area contributed by atoms with Gasteiger partial charge in [0.15, 0.2) is 11.5 Å². The van der Waals surface area contributed by atoms with Crippen molar-refractivity contribution in [2.24, 2.45) is 5.92 Å². The van der Waals surface area contributed by atoms with Crippen molar-refractivity contribution in [2.45, 2.75) is 44.0 Å². The van der Waals surface area contributed by atoms with Crippen molar-refractivity contribution in [2.75, 3.05) is 6.79 Å². The van der Waals surface area contributed by atoms with E-state index in [1.54, 1.807) is 11.8 Å². The van der Waals surface area contributed by atoms with Gasteiger partial charge in [0.2, 0.25) is 12.7 Å². The molecule has 1 saturated heterocycles. The molecule has 166 valence electrons. The Hall–Kier alpha value is -2.93. The van der Waals surface area contributed by atoms with Gasteiger partial charge in [-0.1, -0.05) is 35.9 Å². The highest BCUT2D eigenvalue weighted by atomic mass is 32.2. The highest BCUT2D eigenvalue weighted by Gasteiger charge is 2.39. The molecule has 2 fully saturated rings. The molecule has 0 spiro atoms. The van der Waals surface area contributed by atoms with E-state index in [0.717, 1.165) is 34.6 Å². The Morgan fingerprint density at radius 1 is 1.19 bits per heavy atom. The normalized spacial score (nSPS) is 25.2. The van der Waals surface area contributed by atoms with Crippen molar-refractivity contribution < 1.29 is 19.1 Å². The molecule has 2 amide bonds. The highest BCUT2D eigenvalue weighted by molar-refractivity contribution is 8.04. The SMILES string of the molecule is Cc1cccc(/C=C2/SC3CCC(C(=O)NCc4ccc5c(c4)OCO5)CC3NC2=O)c1. The van der Waals surface area contributed by atoms with E-state index < -0.39 is 0 Å². The second-order valence-electron chi connectivity index (χ2n) is 8.57. The van der Waals surface area contributed by atoms with Crippen LogP contribution in [0.5, 0.6) is 11.5 Å². The van der Waals surface area contributed by atoms with Crippen LogP contribution in [0.4, 0.5) is 0 Å². The van der Waals surface area contributed by atoms with Crippen LogP contribution in [0.15, 0.2) is 47.4 Å². The lowest BCUT2D eigenvalue weighted by molar-refractivity contribution is -0.127. The Balaban J connectivity index is 1.17. The van der Waals surface area contributed by atoms with Crippen LogP contribution in [0.25, 0.3) is 6.08 Å². The lowest BCUT2D eigenvalue weighted by Gasteiger charge is -2.39. The highest BCUT2D eigenvalue weighted by Crippen LogP contribution is 2.40. The van der Waals surface area contributed by atoms with E-state index in [1.807, 2.05) is 49.4 Å². The molecule has 7 heteroatoms. The second-order valence-corrected chi connectivity index (χ2v) is 9.86. The minimum Gasteiger partial charge on any atom is -0.454 e. The van der Waals surface area contributed by atoms with Crippen LogP contribution in [0.2, 0.25) is 0 Å². The van der Waals surface area contributed by atoms with Gasteiger partial charge in [0.05, 0.1) is 4.91 Å². The van der Waals surface area contributed by atoms with E-state index >= 15 is 0 Å². The number of amides is 2. The molecule has 3 atom stereocenters. The Bertz CT molecular complexity index is 1080. The van der Waals surface area contributed by atoms with E-state index in [4.69, 9.17) is 9.47 Å². The summed E-state index contributed by atoms with van der Waals surface area (Å²) in [6.07, 6.45) is 4.37. The molecular weight excluding hydrogens is 424 g/mol. The zero-order chi connectivity index (χ0) is 22.1. The van der Waals surface area contributed by atoms with Gasteiger partial charge in [-0.2, -0.15) is 0 Å². The quantitative estimate of drug-likeness (QED) is 0.694. The molecule has 3 unspecified atom stereocenters. The Kier molecular flexibility index (Phi) is 5.83. The number of fused-ring (bicyclic) bond motifs is 2. The summed E-state index contributed by atoms with van der Waals surface area (Å²) in [4.78, 5) is 26.2. The van der Waals surface area contributed by atoms with Crippen molar-refractivity contribution in [3.63, 3.8) is 0 Å². The van der Waals surface area contributed by atoms with Gasteiger partial charge < -0.3 is 20.1 Å². The number of rotatable bonds is 4. The van der Waals surface area contributed by atoms with Gasteiger partial charge in [0.1, 0.15) is 0 Å². The van der Waals surface area contributed by atoms with Crippen molar-refractivity contribution in [1.82, 2.24) is 10.6 Å². The third-order valence-electron chi connectivity index (χ3n) is 6.22. The third-order valence-corrected chi connectivity index (χ3v) is 7.64. The number of ether oxygens (including phenoxy) is 2. The van der Waals surface area contributed by atoms with Crippen LogP contribution in [0, 0.1) is 12.8 Å². The van der Waals surface area contributed by atoms with Crippen molar-refractivity contribution in [3.05, 3.63) is 64.1 Å². The third kappa shape index (κ3) is 4.48. The predicted octanol–water partition coefficient (Wildman–Crippen LogP) is 3.78. The first-order chi connectivity index (χ1) is 15.5. The van der Waals surface area contributed by atoms with E-state index in [2.05, 4.69) is 16.7 Å². The van der Waals surface area contributed by atoms with Crippen LogP contribution in [0.1, 0.15) is 36.0 Å². The average molecular weight is 451 g/mol. The number of benzene rings is 2. The van der Waals surface area contributed by atoms with Crippen LogP contribution in [-0.4, -0.2) is 29.9 Å². The monoisotopic (exact) mass is 450 g/mol. The van der Waals surface area contributed by atoms with Crippen LogP contribution in [0.3, 0.4) is 0 Å². The van der Waals surface area contributed by atoms with Gasteiger partial charge in [0, 0.05) is 23.8 Å². The molecule has 3 aliphatic rings. The Morgan fingerprint density at radius 3 is 2.94 bits per heavy atom. The molecule has 2 heterocycles. The van der Waals surface area contributed by atoms with Crippen LogP contribution in [-0.2, 0) is 16.1 Å². The Morgan fingerprint density at radius 2 is 2.06 bits per heavy atom. The molecule has 5 rings (SSSR count). The summed E-state index contributed by atoms with van der Waals surface area (Å²) in [6, 6.07) is 13.9. The molecule has 1 saturated carbocycles. The first kappa shape index (κ1) is 20.9. The standard InChI is InChI=1S/C25H26N2O4S/c1-15-3-2-4-16(9-15)11-23-25(29)27-19-12-18(6-8-22(19)32-23)24(28)26-13-17-5-7-20-21(10-17)31-14-30-20/h2-5,7,9-11,18-19,22H,6,8,12-14H2,1H3,(H,26,28)(H,27,29)/b23-11+. The maximum atomic E-state index is 12.8. The fraction of sp³-hybridized carbons (Fsp3) is 0.360. The minimum absolute atomic E-state index is 0.0252. The molecule has 0 bridgehead atoms. The summed E-state index contributed by atoms with van der Waals surface area (Å²) in [7, 11) is 0. The number of nitrogens with one attached hydrogen (secondary N) is 2. The first-order valence-corrected chi connectivity index (χ1v) is 11.9. The van der Waals surface area contributed by atoms with E-state index in [9.17, 15) is 9.59 Å². The van der Waals surface area contributed by atoms with Gasteiger partial charge in [-0.15, -0.1) is 11.8 Å². The largest absolute Gasteiger partial charge is 0.454 e. The van der Waals surface area contributed by atoms with Gasteiger partial charge >= 0.3 is 0 Å². The summed E-state index contributed by atoms with van der Waals surface area (Å²) in [5.41, 5.74) is 3.19. The zero-order valence-electron chi connectivity index (χ0n) is 17.9. The van der Waals surface area contributed by atoms with Crippen LogP contribution >= 0.6 is 11.8 Å². The molecule has 0 radical (unpaired) electrons. The number of carbonyl (C=O) groups is 2. The molecular formula is C25H26N2O4S. The number of thioether (sulfide) groups is 1. The first-order valence-electron chi connectivity index (χ1n) is 11.0. The lowest BCUT2D eigenvalue weighted by atomic mass is 9.84. The minimum atomic E-state index is -0.0894. The molecule has 2 aromatic carbocycles. The van der Waals surface area contributed by atoms with Gasteiger partial charge in [0.25, 0.3) is 5.91 Å².